The van der Waals surface area contributed by atoms with Gasteiger partial charge in [0.15, 0.2) is 5.82 Å². The maximum atomic E-state index is 9.26. The first-order valence-corrected chi connectivity index (χ1v) is 5.95. The molecule has 0 aliphatic carbocycles. The number of aromatic nitrogens is 2. The monoisotopic (exact) mass is 239 g/mol. The van der Waals surface area contributed by atoms with Gasteiger partial charge in [-0.15, -0.1) is 0 Å². The molecule has 1 aromatic heterocycles. The Kier molecular flexibility index (Phi) is 2.61. The second kappa shape index (κ2) is 4.41. The van der Waals surface area contributed by atoms with Crippen LogP contribution in [0.3, 0.4) is 0 Å². The van der Waals surface area contributed by atoms with E-state index in [1.165, 1.54) is 0 Å². The average Bonchev–Trinajstić information content (AvgIpc) is 2.77. The quantitative estimate of drug-likeness (QED) is 0.844. The van der Waals surface area contributed by atoms with Crippen molar-refractivity contribution in [3.8, 4) is 6.07 Å². The fourth-order valence-corrected chi connectivity index (χ4v) is 2.09. The fraction of sp³-hybridized carbons (Fsp3) is 0.231. The van der Waals surface area contributed by atoms with Gasteiger partial charge in [0.1, 0.15) is 17.5 Å². The summed E-state index contributed by atoms with van der Waals surface area (Å²) >= 11 is 0. The van der Waals surface area contributed by atoms with Gasteiger partial charge in [0.2, 0.25) is 0 Å². The molecule has 2 aromatic rings. The SMILES string of the molecule is N#Cc1c(Nc2ccccc2)nn2c1NCCC2. The standard InChI is InChI=1S/C13H13N5/c14-9-11-12(16-10-5-2-1-3-6-10)17-18-8-4-7-15-13(11)18/h1-3,5-6,15H,4,7-8H2,(H,16,17). The molecule has 5 nitrogen and oxygen atoms in total. The lowest BCUT2D eigenvalue weighted by atomic mass is 10.2. The summed E-state index contributed by atoms with van der Waals surface area (Å²) < 4.78 is 1.85. The molecule has 0 saturated carbocycles. The van der Waals surface area contributed by atoms with Gasteiger partial charge in [-0.05, 0) is 18.6 Å². The van der Waals surface area contributed by atoms with Crippen LogP contribution < -0.4 is 10.6 Å². The first-order chi connectivity index (χ1) is 8.88. The molecule has 0 radical (unpaired) electrons. The number of aryl methyl sites for hydroxylation is 1. The van der Waals surface area contributed by atoms with Crippen LogP contribution in [0.2, 0.25) is 0 Å². The van der Waals surface area contributed by atoms with Crippen LogP contribution in [0.4, 0.5) is 17.3 Å². The molecule has 0 amide bonds. The van der Waals surface area contributed by atoms with Gasteiger partial charge < -0.3 is 10.6 Å². The number of hydrogen-bond acceptors (Lipinski definition) is 4. The molecule has 5 heteroatoms. The van der Waals surface area contributed by atoms with Gasteiger partial charge in [0.25, 0.3) is 0 Å². The molecule has 3 rings (SSSR count). The van der Waals surface area contributed by atoms with Crippen molar-refractivity contribution < 1.29 is 0 Å². The highest BCUT2D eigenvalue weighted by molar-refractivity contribution is 5.70. The van der Waals surface area contributed by atoms with Crippen molar-refractivity contribution in [1.82, 2.24) is 9.78 Å². The van der Waals surface area contributed by atoms with Crippen LogP contribution >= 0.6 is 0 Å². The van der Waals surface area contributed by atoms with E-state index < -0.39 is 0 Å². The summed E-state index contributed by atoms with van der Waals surface area (Å²) in [5.41, 5.74) is 1.52. The molecule has 0 spiro atoms. The minimum Gasteiger partial charge on any atom is -0.369 e. The first kappa shape index (κ1) is 10.7. The highest BCUT2D eigenvalue weighted by Crippen LogP contribution is 2.28. The third-order valence-corrected chi connectivity index (χ3v) is 2.94. The highest BCUT2D eigenvalue weighted by Gasteiger charge is 2.19. The molecule has 2 heterocycles. The van der Waals surface area contributed by atoms with E-state index in [0.29, 0.717) is 11.4 Å². The number of anilines is 3. The number of fused-ring (bicyclic) bond motifs is 1. The second-order valence-corrected chi connectivity index (χ2v) is 4.18. The van der Waals surface area contributed by atoms with Crippen molar-refractivity contribution in [2.24, 2.45) is 0 Å². The van der Waals surface area contributed by atoms with Crippen molar-refractivity contribution in [1.29, 1.82) is 5.26 Å². The number of benzene rings is 1. The molecular formula is C13H13N5. The maximum Gasteiger partial charge on any atom is 0.172 e. The lowest BCUT2D eigenvalue weighted by molar-refractivity contribution is 0.569. The van der Waals surface area contributed by atoms with Crippen LogP contribution in [0.25, 0.3) is 0 Å². The predicted octanol–water partition coefficient (Wildman–Crippen LogP) is 2.31. The van der Waals surface area contributed by atoms with E-state index in [0.717, 1.165) is 31.0 Å². The summed E-state index contributed by atoms with van der Waals surface area (Å²) in [4.78, 5) is 0. The summed E-state index contributed by atoms with van der Waals surface area (Å²) in [6.45, 7) is 1.75. The van der Waals surface area contributed by atoms with Gasteiger partial charge in [-0.25, -0.2) is 4.68 Å². The van der Waals surface area contributed by atoms with Crippen LogP contribution in [-0.2, 0) is 6.54 Å². The molecule has 90 valence electrons. The van der Waals surface area contributed by atoms with Crippen molar-refractivity contribution >= 4 is 17.3 Å². The molecule has 1 aromatic carbocycles. The van der Waals surface area contributed by atoms with Gasteiger partial charge in [-0.3, -0.25) is 0 Å². The molecule has 2 N–H and O–H groups in total. The molecule has 18 heavy (non-hydrogen) atoms. The van der Waals surface area contributed by atoms with E-state index in [2.05, 4.69) is 21.8 Å². The Hall–Kier alpha value is -2.48. The number of hydrogen-bond donors (Lipinski definition) is 2. The van der Waals surface area contributed by atoms with Gasteiger partial charge in [-0.2, -0.15) is 10.4 Å². The van der Waals surface area contributed by atoms with Gasteiger partial charge in [0, 0.05) is 18.8 Å². The smallest absolute Gasteiger partial charge is 0.172 e. The minimum absolute atomic E-state index is 0.582. The van der Waals surface area contributed by atoms with Crippen LogP contribution in [0, 0.1) is 11.3 Å². The Balaban J connectivity index is 1.97. The van der Waals surface area contributed by atoms with Gasteiger partial charge >= 0.3 is 0 Å². The van der Waals surface area contributed by atoms with E-state index in [1.807, 2.05) is 35.0 Å². The summed E-state index contributed by atoms with van der Waals surface area (Å²) in [5, 5.41) is 20.1. The Morgan fingerprint density at radius 1 is 1.33 bits per heavy atom. The number of para-hydroxylation sites is 1. The molecule has 1 aliphatic rings. The lowest BCUT2D eigenvalue weighted by Gasteiger charge is -2.14. The minimum atomic E-state index is 0.582. The van der Waals surface area contributed by atoms with Crippen LogP contribution in [0.1, 0.15) is 12.0 Å². The summed E-state index contributed by atoms with van der Waals surface area (Å²) in [6.07, 6.45) is 1.03. The zero-order valence-electron chi connectivity index (χ0n) is 9.85. The Morgan fingerprint density at radius 2 is 2.17 bits per heavy atom. The summed E-state index contributed by atoms with van der Waals surface area (Å²) in [7, 11) is 0. The normalized spacial score (nSPS) is 13.3. The highest BCUT2D eigenvalue weighted by atomic mass is 15.4. The number of nitrogens with one attached hydrogen (secondary N) is 2. The van der Waals surface area contributed by atoms with Crippen molar-refractivity contribution in [3.05, 3.63) is 35.9 Å². The van der Waals surface area contributed by atoms with E-state index >= 15 is 0 Å². The molecule has 0 unspecified atom stereocenters. The lowest BCUT2D eigenvalue weighted by Crippen LogP contribution is -2.17. The Morgan fingerprint density at radius 3 is 2.94 bits per heavy atom. The van der Waals surface area contributed by atoms with Crippen LogP contribution in [0.5, 0.6) is 0 Å². The number of nitriles is 1. The zero-order chi connectivity index (χ0) is 12.4. The second-order valence-electron chi connectivity index (χ2n) is 4.18. The summed E-state index contributed by atoms with van der Waals surface area (Å²) in [5.74, 6) is 1.44. The average molecular weight is 239 g/mol. The van der Waals surface area contributed by atoms with Crippen molar-refractivity contribution in [3.63, 3.8) is 0 Å². The van der Waals surface area contributed by atoms with Crippen molar-refractivity contribution in [2.75, 3.05) is 17.2 Å². The van der Waals surface area contributed by atoms with E-state index in [-0.39, 0.29) is 0 Å². The van der Waals surface area contributed by atoms with E-state index in [1.54, 1.807) is 0 Å². The third kappa shape index (κ3) is 1.78. The molecule has 0 saturated heterocycles. The molecule has 0 atom stereocenters. The molecule has 0 bridgehead atoms. The van der Waals surface area contributed by atoms with Crippen LogP contribution in [-0.4, -0.2) is 16.3 Å². The third-order valence-electron chi connectivity index (χ3n) is 2.94. The van der Waals surface area contributed by atoms with Gasteiger partial charge in [0.05, 0.1) is 0 Å². The zero-order valence-corrected chi connectivity index (χ0v) is 9.85. The maximum absolute atomic E-state index is 9.26. The van der Waals surface area contributed by atoms with E-state index in [4.69, 9.17) is 0 Å². The summed E-state index contributed by atoms with van der Waals surface area (Å²) in [6, 6.07) is 12.0. The first-order valence-electron chi connectivity index (χ1n) is 5.95. The molecule has 0 fully saturated rings. The van der Waals surface area contributed by atoms with Gasteiger partial charge in [-0.1, -0.05) is 18.2 Å². The van der Waals surface area contributed by atoms with Crippen molar-refractivity contribution in [2.45, 2.75) is 13.0 Å². The Labute approximate surface area is 105 Å². The largest absolute Gasteiger partial charge is 0.369 e. The van der Waals surface area contributed by atoms with E-state index in [9.17, 15) is 5.26 Å². The number of nitrogens with zero attached hydrogens (tertiary/aromatic N) is 3. The predicted molar refractivity (Wildman–Crippen MR) is 69.8 cm³/mol. The molecular weight excluding hydrogens is 226 g/mol. The topological polar surface area (TPSA) is 65.7 Å². The Bertz CT molecular complexity index is 594. The van der Waals surface area contributed by atoms with Crippen LogP contribution in [0.15, 0.2) is 30.3 Å². The molecule has 1 aliphatic heterocycles. The number of rotatable bonds is 2. The fourth-order valence-electron chi connectivity index (χ4n) is 2.09.